The summed E-state index contributed by atoms with van der Waals surface area (Å²) in [5, 5.41) is 5.34. The molecule has 4 aromatic rings. The number of amides is 1. The van der Waals surface area contributed by atoms with Crippen LogP contribution in [0.4, 0.5) is 10.7 Å². The van der Waals surface area contributed by atoms with Crippen molar-refractivity contribution in [2.75, 3.05) is 18.4 Å². The van der Waals surface area contributed by atoms with E-state index in [2.05, 4.69) is 21.4 Å². The molecule has 3 heterocycles. The standard InChI is InChI=1S/C36H43N5O4/c1-7-23(2)31(42)21-25-11-8-13-28-27(25)16-15-24(3)32(28)44-33-29(14-9-18-37-33)30-17-19-38-34(40-30)39-26-12-10-20-41(22-26)35(43)45-36(4,5)6/h8-9,11,13-19,23,26H,7,10,12,20-22H2,1-6H3,(H,38,39,40)/t23?,26-/m0/s1. The van der Waals surface area contributed by atoms with Crippen molar-refractivity contribution in [2.24, 2.45) is 5.92 Å². The van der Waals surface area contributed by atoms with E-state index >= 15 is 0 Å². The number of nitrogens with one attached hydrogen (secondary N) is 1. The van der Waals surface area contributed by atoms with Crippen molar-refractivity contribution < 1.29 is 19.1 Å². The van der Waals surface area contributed by atoms with Crippen LogP contribution in [-0.2, 0) is 16.0 Å². The van der Waals surface area contributed by atoms with Crippen molar-refractivity contribution in [3.63, 3.8) is 0 Å². The smallest absolute Gasteiger partial charge is 0.410 e. The maximum Gasteiger partial charge on any atom is 0.410 e. The molecule has 1 aliphatic heterocycles. The van der Waals surface area contributed by atoms with Crippen LogP contribution >= 0.6 is 0 Å². The Morgan fingerprint density at radius 1 is 1.04 bits per heavy atom. The predicted octanol–water partition coefficient (Wildman–Crippen LogP) is 7.76. The molecule has 1 unspecified atom stereocenters. The molecule has 9 nitrogen and oxygen atoms in total. The molecule has 1 amide bonds. The summed E-state index contributed by atoms with van der Waals surface area (Å²) in [6.45, 7) is 12.8. The maximum absolute atomic E-state index is 12.8. The lowest BCUT2D eigenvalue weighted by molar-refractivity contribution is -0.121. The Morgan fingerprint density at radius 3 is 2.64 bits per heavy atom. The highest BCUT2D eigenvalue weighted by molar-refractivity contribution is 5.95. The fraction of sp³-hybridized carbons (Fsp3) is 0.417. The van der Waals surface area contributed by atoms with Crippen molar-refractivity contribution in [3.8, 4) is 22.9 Å². The largest absolute Gasteiger partial charge is 0.444 e. The monoisotopic (exact) mass is 609 g/mol. The summed E-state index contributed by atoms with van der Waals surface area (Å²) in [5.41, 5.74) is 2.79. The third-order valence-electron chi connectivity index (χ3n) is 8.13. The molecule has 0 aliphatic carbocycles. The van der Waals surface area contributed by atoms with E-state index in [9.17, 15) is 9.59 Å². The maximum atomic E-state index is 12.8. The lowest BCUT2D eigenvalue weighted by atomic mass is 9.93. The number of ketones is 1. The first kappa shape index (κ1) is 31.9. The summed E-state index contributed by atoms with van der Waals surface area (Å²) in [6, 6.07) is 15.7. The van der Waals surface area contributed by atoms with Gasteiger partial charge in [0, 0.05) is 49.2 Å². The van der Waals surface area contributed by atoms with Crippen molar-refractivity contribution in [3.05, 3.63) is 72.1 Å². The summed E-state index contributed by atoms with van der Waals surface area (Å²) < 4.78 is 12.2. The first-order chi connectivity index (χ1) is 21.5. The number of anilines is 1. The number of benzene rings is 2. The Hall–Kier alpha value is -4.53. The number of ether oxygens (including phenoxy) is 2. The van der Waals surface area contributed by atoms with Gasteiger partial charge in [0.2, 0.25) is 11.8 Å². The van der Waals surface area contributed by atoms with Gasteiger partial charge < -0.3 is 19.7 Å². The van der Waals surface area contributed by atoms with E-state index in [0.29, 0.717) is 42.8 Å². The number of carbonyl (C=O) groups is 2. The average Bonchev–Trinajstić information content (AvgIpc) is 3.01. The van der Waals surface area contributed by atoms with E-state index in [0.717, 1.165) is 46.7 Å². The highest BCUT2D eigenvalue weighted by atomic mass is 16.6. The van der Waals surface area contributed by atoms with Gasteiger partial charge in [0.05, 0.1) is 11.3 Å². The number of piperidine rings is 1. The van der Waals surface area contributed by atoms with Gasteiger partial charge in [-0.2, -0.15) is 0 Å². The van der Waals surface area contributed by atoms with Gasteiger partial charge in [-0.25, -0.2) is 19.7 Å². The molecule has 5 rings (SSSR count). The van der Waals surface area contributed by atoms with Gasteiger partial charge in [-0.05, 0) is 81.7 Å². The van der Waals surface area contributed by atoms with Gasteiger partial charge in [-0.15, -0.1) is 0 Å². The fourth-order valence-corrected chi connectivity index (χ4v) is 5.50. The topological polar surface area (TPSA) is 107 Å². The molecular weight excluding hydrogens is 566 g/mol. The second kappa shape index (κ2) is 13.6. The summed E-state index contributed by atoms with van der Waals surface area (Å²) >= 11 is 0. The second-order valence-corrected chi connectivity index (χ2v) is 12.8. The van der Waals surface area contributed by atoms with E-state index in [1.54, 1.807) is 17.3 Å². The molecule has 1 aliphatic rings. The van der Waals surface area contributed by atoms with Crippen molar-refractivity contribution in [1.29, 1.82) is 0 Å². The zero-order chi connectivity index (χ0) is 32.1. The van der Waals surface area contributed by atoms with Crippen molar-refractivity contribution in [1.82, 2.24) is 19.9 Å². The summed E-state index contributed by atoms with van der Waals surface area (Å²) in [5.74, 6) is 1.84. The lowest BCUT2D eigenvalue weighted by Gasteiger charge is -2.34. The normalized spacial score (nSPS) is 15.9. The van der Waals surface area contributed by atoms with Gasteiger partial charge in [0.15, 0.2) is 0 Å². The zero-order valence-corrected chi connectivity index (χ0v) is 27.1. The quantitative estimate of drug-likeness (QED) is 0.205. The van der Waals surface area contributed by atoms with E-state index < -0.39 is 5.60 Å². The number of carbonyl (C=O) groups excluding carboxylic acids is 2. The molecular formula is C36H43N5O4. The molecule has 2 aromatic heterocycles. The van der Waals surface area contributed by atoms with Gasteiger partial charge in [-0.3, -0.25) is 4.79 Å². The van der Waals surface area contributed by atoms with Gasteiger partial charge in [0.1, 0.15) is 17.1 Å². The molecule has 0 radical (unpaired) electrons. The van der Waals surface area contributed by atoms with Gasteiger partial charge in [0.25, 0.3) is 0 Å². The number of pyridine rings is 1. The van der Waals surface area contributed by atoms with Crippen molar-refractivity contribution >= 4 is 28.6 Å². The Balaban J connectivity index is 1.38. The number of aromatic nitrogens is 3. The minimum absolute atomic E-state index is 0.00846. The van der Waals surface area contributed by atoms with Crippen LogP contribution in [0.15, 0.2) is 60.9 Å². The Labute approximate surface area is 265 Å². The lowest BCUT2D eigenvalue weighted by Crippen LogP contribution is -2.47. The molecule has 0 saturated carbocycles. The van der Waals surface area contributed by atoms with Crippen LogP contribution in [0.25, 0.3) is 22.0 Å². The number of hydrogen-bond donors (Lipinski definition) is 1. The molecule has 236 valence electrons. The van der Waals surface area contributed by atoms with Crippen LogP contribution in [0.1, 0.15) is 65.0 Å². The molecule has 0 spiro atoms. The number of hydrogen-bond acceptors (Lipinski definition) is 8. The molecule has 2 atom stereocenters. The molecule has 2 aromatic carbocycles. The first-order valence-corrected chi connectivity index (χ1v) is 15.8. The molecule has 45 heavy (non-hydrogen) atoms. The van der Waals surface area contributed by atoms with Crippen LogP contribution in [-0.4, -0.2) is 56.5 Å². The Bertz CT molecular complexity index is 1680. The minimum atomic E-state index is -0.544. The summed E-state index contributed by atoms with van der Waals surface area (Å²) in [4.78, 5) is 41.1. The molecule has 1 saturated heterocycles. The van der Waals surface area contributed by atoms with Crippen LogP contribution in [0.2, 0.25) is 0 Å². The number of aryl methyl sites for hydroxylation is 1. The zero-order valence-electron chi connectivity index (χ0n) is 27.1. The molecule has 1 N–H and O–H groups in total. The predicted molar refractivity (Wildman–Crippen MR) is 177 cm³/mol. The van der Waals surface area contributed by atoms with E-state index in [4.69, 9.17) is 14.5 Å². The molecule has 1 fully saturated rings. The van der Waals surface area contributed by atoms with E-state index in [1.807, 2.05) is 84.0 Å². The fourth-order valence-electron chi connectivity index (χ4n) is 5.50. The Morgan fingerprint density at radius 2 is 1.87 bits per heavy atom. The van der Waals surface area contributed by atoms with Crippen molar-refractivity contribution in [2.45, 2.75) is 78.9 Å². The number of nitrogens with zero attached hydrogens (tertiary/aromatic N) is 4. The van der Waals surface area contributed by atoms with Crippen LogP contribution in [0, 0.1) is 12.8 Å². The third-order valence-corrected chi connectivity index (χ3v) is 8.13. The third kappa shape index (κ3) is 7.77. The summed E-state index contributed by atoms with van der Waals surface area (Å²) in [6.07, 6.45) is 6.05. The van der Waals surface area contributed by atoms with E-state index in [-0.39, 0.29) is 23.8 Å². The highest BCUT2D eigenvalue weighted by Crippen LogP contribution is 2.38. The van der Waals surface area contributed by atoms with Crippen LogP contribution < -0.4 is 10.1 Å². The van der Waals surface area contributed by atoms with E-state index in [1.165, 1.54) is 0 Å². The highest BCUT2D eigenvalue weighted by Gasteiger charge is 2.28. The number of likely N-dealkylation sites (tertiary alicyclic amines) is 1. The number of Topliss-reactive ketones (excluding diaryl/α,β-unsaturated/α-hetero) is 1. The first-order valence-electron chi connectivity index (χ1n) is 15.8. The van der Waals surface area contributed by atoms with Gasteiger partial charge >= 0.3 is 6.09 Å². The number of rotatable bonds is 9. The number of fused-ring (bicyclic) bond motifs is 1. The molecule has 0 bridgehead atoms. The second-order valence-electron chi connectivity index (χ2n) is 12.8. The average molecular weight is 610 g/mol. The Kier molecular flexibility index (Phi) is 9.65. The van der Waals surface area contributed by atoms with Crippen LogP contribution in [0.5, 0.6) is 11.6 Å². The summed E-state index contributed by atoms with van der Waals surface area (Å²) in [7, 11) is 0. The molecule has 9 heteroatoms. The van der Waals surface area contributed by atoms with Crippen LogP contribution in [0.3, 0.4) is 0 Å². The SMILES string of the molecule is CCC(C)C(=O)Cc1cccc2c(Oc3ncccc3-c3ccnc(N[C@H]4CCCN(C(=O)OC(C)(C)C)C4)n3)c(C)ccc12. The minimum Gasteiger partial charge on any atom is -0.444 e. The van der Waals surface area contributed by atoms with Gasteiger partial charge in [-0.1, -0.05) is 44.2 Å².